The van der Waals surface area contributed by atoms with Crippen LogP contribution in [0.1, 0.15) is 24.3 Å². The van der Waals surface area contributed by atoms with E-state index in [1.807, 2.05) is 12.1 Å². The Morgan fingerprint density at radius 2 is 1.72 bits per heavy atom. The van der Waals surface area contributed by atoms with Crippen molar-refractivity contribution in [2.75, 3.05) is 26.2 Å². The predicted molar refractivity (Wildman–Crippen MR) is 105 cm³/mol. The summed E-state index contributed by atoms with van der Waals surface area (Å²) in [6.07, 6.45) is 2.39. The fourth-order valence-electron chi connectivity index (χ4n) is 3.83. The Morgan fingerprint density at radius 1 is 1.04 bits per heavy atom. The predicted octanol–water partition coefficient (Wildman–Crippen LogP) is 3.49. The number of benzene rings is 2. The first-order valence-corrected chi connectivity index (χ1v) is 9.64. The summed E-state index contributed by atoms with van der Waals surface area (Å²) in [4.78, 5) is 2.47. The molecule has 1 aliphatic heterocycles. The molecule has 1 aliphatic carbocycles. The maximum absolute atomic E-state index is 5.96. The topological polar surface area (TPSA) is 41.3 Å². The molecule has 132 valence electrons. The van der Waals surface area contributed by atoms with Crippen molar-refractivity contribution in [1.82, 2.24) is 10.2 Å². The van der Waals surface area contributed by atoms with Gasteiger partial charge in [-0.1, -0.05) is 48.0 Å². The summed E-state index contributed by atoms with van der Waals surface area (Å²) < 4.78 is 0. The number of nitrogens with one attached hydrogen (secondary N) is 1. The highest BCUT2D eigenvalue weighted by atomic mass is 35.5. The molecule has 1 heterocycles. The minimum atomic E-state index is 0.382. The van der Waals surface area contributed by atoms with Gasteiger partial charge in [-0.05, 0) is 48.2 Å². The van der Waals surface area contributed by atoms with E-state index >= 15 is 0 Å². The molecule has 2 aliphatic rings. The summed E-state index contributed by atoms with van der Waals surface area (Å²) in [5.41, 5.74) is 9.86. The summed E-state index contributed by atoms with van der Waals surface area (Å²) in [7, 11) is 0. The molecule has 1 unspecified atom stereocenters. The van der Waals surface area contributed by atoms with Crippen molar-refractivity contribution in [2.24, 2.45) is 5.73 Å². The lowest BCUT2D eigenvalue weighted by atomic mass is 10.0. The Balaban J connectivity index is 1.26. The second-order valence-electron chi connectivity index (χ2n) is 7.38. The first-order chi connectivity index (χ1) is 12.2. The molecule has 0 aromatic heterocycles. The second kappa shape index (κ2) is 7.46. The number of hydrogen-bond donors (Lipinski definition) is 2. The van der Waals surface area contributed by atoms with Gasteiger partial charge in [0.2, 0.25) is 0 Å². The number of halogens is 1. The van der Waals surface area contributed by atoms with Gasteiger partial charge in [0.1, 0.15) is 0 Å². The second-order valence-corrected chi connectivity index (χ2v) is 7.82. The lowest BCUT2D eigenvalue weighted by molar-refractivity contribution is 0.331. The molecule has 25 heavy (non-hydrogen) atoms. The van der Waals surface area contributed by atoms with E-state index in [0.717, 1.165) is 37.6 Å². The normalized spacial score (nSPS) is 26.1. The van der Waals surface area contributed by atoms with Crippen LogP contribution in [0.2, 0.25) is 5.02 Å². The van der Waals surface area contributed by atoms with Crippen molar-refractivity contribution < 1.29 is 0 Å². The van der Waals surface area contributed by atoms with Crippen molar-refractivity contribution in [2.45, 2.75) is 30.8 Å². The Kier molecular flexibility index (Phi) is 5.09. The maximum Gasteiger partial charge on any atom is 0.0406 e. The molecule has 0 radical (unpaired) electrons. The molecular formula is C21H26ClN3. The van der Waals surface area contributed by atoms with Crippen LogP contribution in [0, 0.1) is 0 Å². The number of nitrogens with two attached hydrogens (primary N) is 1. The van der Waals surface area contributed by atoms with Crippen LogP contribution in [0.15, 0.2) is 48.5 Å². The third-order valence-corrected chi connectivity index (χ3v) is 5.70. The van der Waals surface area contributed by atoms with Crippen LogP contribution < -0.4 is 11.1 Å². The molecular weight excluding hydrogens is 330 g/mol. The number of rotatable bonds is 6. The van der Waals surface area contributed by atoms with Gasteiger partial charge in [-0.15, -0.1) is 0 Å². The fourth-order valence-corrected chi connectivity index (χ4v) is 3.95. The van der Waals surface area contributed by atoms with E-state index in [0.29, 0.717) is 18.0 Å². The van der Waals surface area contributed by atoms with Gasteiger partial charge in [0, 0.05) is 42.7 Å². The minimum absolute atomic E-state index is 0.382. The van der Waals surface area contributed by atoms with Gasteiger partial charge in [-0.25, -0.2) is 0 Å². The maximum atomic E-state index is 5.96. The van der Waals surface area contributed by atoms with Crippen LogP contribution in [0.3, 0.4) is 0 Å². The SMILES string of the molecule is NC1CCN(CCN[C@@H]2C[C@H]2c2ccc(-c3ccc(Cl)cc3)cc2)C1. The molecule has 3 N–H and O–H groups in total. The monoisotopic (exact) mass is 355 g/mol. The van der Waals surface area contributed by atoms with E-state index in [2.05, 4.69) is 46.6 Å². The van der Waals surface area contributed by atoms with E-state index < -0.39 is 0 Å². The van der Waals surface area contributed by atoms with Gasteiger partial charge in [0.25, 0.3) is 0 Å². The summed E-state index contributed by atoms with van der Waals surface area (Å²) in [6, 6.07) is 18.0. The van der Waals surface area contributed by atoms with Crippen LogP contribution in [-0.2, 0) is 0 Å². The Morgan fingerprint density at radius 3 is 2.36 bits per heavy atom. The highest BCUT2D eigenvalue weighted by Crippen LogP contribution is 2.41. The quantitative estimate of drug-likeness (QED) is 0.833. The van der Waals surface area contributed by atoms with Crippen LogP contribution >= 0.6 is 11.6 Å². The van der Waals surface area contributed by atoms with E-state index in [4.69, 9.17) is 17.3 Å². The lowest BCUT2D eigenvalue weighted by Gasteiger charge is -2.15. The highest BCUT2D eigenvalue weighted by molar-refractivity contribution is 6.30. The Bertz CT molecular complexity index is 698. The summed E-state index contributed by atoms with van der Waals surface area (Å²) >= 11 is 5.96. The molecule has 2 aromatic carbocycles. The molecule has 4 heteroatoms. The summed E-state index contributed by atoms with van der Waals surface area (Å²) in [5.74, 6) is 0.667. The molecule has 0 spiro atoms. The van der Waals surface area contributed by atoms with Gasteiger partial charge < -0.3 is 16.0 Å². The van der Waals surface area contributed by atoms with Crippen LogP contribution in [0.4, 0.5) is 0 Å². The van der Waals surface area contributed by atoms with Crippen molar-refractivity contribution in [3.8, 4) is 11.1 Å². The molecule has 2 aromatic rings. The Labute approximate surface area is 155 Å². The average molecular weight is 356 g/mol. The van der Waals surface area contributed by atoms with Crippen molar-refractivity contribution in [3.63, 3.8) is 0 Å². The zero-order chi connectivity index (χ0) is 17.2. The van der Waals surface area contributed by atoms with Gasteiger partial charge in [-0.3, -0.25) is 0 Å². The van der Waals surface area contributed by atoms with Crippen LogP contribution in [0.25, 0.3) is 11.1 Å². The third kappa shape index (κ3) is 4.24. The van der Waals surface area contributed by atoms with E-state index in [-0.39, 0.29) is 0 Å². The molecule has 1 saturated carbocycles. The highest BCUT2D eigenvalue weighted by Gasteiger charge is 2.37. The van der Waals surface area contributed by atoms with Crippen molar-refractivity contribution in [3.05, 3.63) is 59.1 Å². The minimum Gasteiger partial charge on any atom is -0.326 e. The zero-order valence-electron chi connectivity index (χ0n) is 14.5. The first kappa shape index (κ1) is 17.0. The summed E-state index contributed by atoms with van der Waals surface area (Å²) in [5, 5.41) is 4.48. The third-order valence-electron chi connectivity index (χ3n) is 5.45. The first-order valence-electron chi connectivity index (χ1n) is 9.26. The molecule has 3 nitrogen and oxygen atoms in total. The lowest BCUT2D eigenvalue weighted by Crippen LogP contribution is -2.33. The van der Waals surface area contributed by atoms with Gasteiger partial charge in [0.05, 0.1) is 0 Å². The van der Waals surface area contributed by atoms with E-state index in [1.165, 1.54) is 23.1 Å². The van der Waals surface area contributed by atoms with Crippen LogP contribution in [0.5, 0.6) is 0 Å². The molecule has 2 fully saturated rings. The van der Waals surface area contributed by atoms with E-state index in [9.17, 15) is 0 Å². The zero-order valence-corrected chi connectivity index (χ0v) is 15.3. The Hall–Kier alpha value is -1.39. The largest absolute Gasteiger partial charge is 0.326 e. The number of nitrogens with zero attached hydrogens (tertiary/aromatic N) is 1. The molecule has 0 amide bonds. The van der Waals surface area contributed by atoms with Crippen LogP contribution in [-0.4, -0.2) is 43.2 Å². The average Bonchev–Trinajstić information content (AvgIpc) is 3.28. The van der Waals surface area contributed by atoms with Gasteiger partial charge >= 0.3 is 0 Å². The molecule has 0 bridgehead atoms. The number of likely N-dealkylation sites (tertiary alicyclic amines) is 1. The smallest absolute Gasteiger partial charge is 0.0406 e. The molecule has 4 rings (SSSR count). The number of hydrogen-bond acceptors (Lipinski definition) is 3. The van der Waals surface area contributed by atoms with E-state index in [1.54, 1.807) is 0 Å². The van der Waals surface area contributed by atoms with Crippen molar-refractivity contribution >= 4 is 11.6 Å². The fraction of sp³-hybridized carbons (Fsp3) is 0.429. The molecule has 3 atom stereocenters. The standard InChI is InChI=1S/C21H26ClN3/c22-18-7-5-16(6-8-18)15-1-3-17(4-2-15)20-13-21(20)24-10-12-25-11-9-19(23)14-25/h1-8,19-21,24H,9-14,23H2/t19?,20-,21+/m0/s1. The van der Waals surface area contributed by atoms with Crippen molar-refractivity contribution in [1.29, 1.82) is 0 Å². The molecule has 1 saturated heterocycles. The summed E-state index contributed by atoms with van der Waals surface area (Å²) in [6.45, 7) is 4.40. The van der Waals surface area contributed by atoms with Gasteiger partial charge in [0.15, 0.2) is 0 Å². The van der Waals surface area contributed by atoms with Gasteiger partial charge in [-0.2, -0.15) is 0 Å².